The van der Waals surface area contributed by atoms with Crippen LogP contribution in [0, 0.1) is 0 Å². The van der Waals surface area contributed by atoms with Crippen LogP contribution in [-0.4, -0.2) is 35.8 Å². The Balaban J connectivity index is 2.10. The molecule has 8 nitrogen and oxygen atoms in total. The van der Waals surface area contributed by atoms with E-state index in [0.29, 0.717) is 0 Å². The molecule has 21 heavy (non-hydrogen) atoms. The van der Waals surface area contributed by atoms with Gasteiger partial charge in [0.25, 0.3) is 5.91 Å². The Bertz CT molecular complexity index is 751. The van der Waals surface area contributed by atoms with Gasteiger partial charge in [-0.25, -0.2) is 8.42 Å². The summed E-state index contributed by atoms with van der Waals surface area (Å²) in [5.74, 6) is -0.434. The van der Waals surface area contributed by atoms with Crippen LogP contribution >= 0.6 is 0 Å². The standard InChI is InChI=1S/C12H15N5O3S/c1-7(14-11(18)10-15-12(13)17-16-10)8-3-5-9(6-4-8)21(2,19)20/h3-7H,1-2H3,(H,14,18)(H3,13,15,16,17). The third-order valence-corrected chi connectivity index (χ3v) is 4.00. The van der Waals surface area contributed by atoms with E-state index in [4.69, 9.17) is 5.73 Å². The summed E-state index contributed by atoms with van der Waals surface area (Å²) in [4.78, 5) is 15.8. The minimum atomic E-state index is -3.23. The average Bonchev–Trinajstić information content (AvgIpc) is 2.84. The zero-order chi connectivity index (χ0) is 15.6. The van der Waals surface area contributed by atoms with E-state index in [9.17, 15) is 13.2 Å². The van der Waals surface area contributed by atoms with Gasteiger partial charge in [-0.2, -0.15) is 4.98 Å². The third-order valence-electron chi connectivity index (χ3n) is 2.87. The summed E-state index contributed by atoms with van der Waals surface area (Å²) in [5.41, 5.74) is 6.09. The molecule has 1 aromatic heterocycles. The maximum Gasteiger partial charge on any atom is 0.289 e. The van der Waals surface area contributed by atoms with Gasteiger partial charge in [0, 0.05) is 6.26 Å². The first-order valence-electron chi connectivity index (χ1n) is 6.06. The average molecular weight is 309 g/mol. The molecule has 2 rings (SSSR count). The van der Waals surface area contributed by atoms with E-state index >= 15 is 0 Å². The molecule has 0 spiro atoms. The van der Waals surface area contributed by atoms with Gasteiger partial charge in [0.2, 0.25) is 11.8 Å². The van der Waals surface area contributed by atoms with Crippen molar-refractivity contribution < 1.29 is 13.2 Å². The van der Waals surface area contributed by atoms with Crippen molar-refractivity contribution in [2.45, 2.75) is 17.9 Å². The van der Waals surface area contributed by atoms with E-state index in [0.717, 1.165) is 11.8 Å². The van der Waals surface area contributed by atoms with E-state index in [-0.39, 0.29) is 22.7 Å². The molecule has 0 fully saturated rings. The molecule has 0 saturated heterocycles. The maximum absolute atomic E-state index is 11.9. The molecule has 0 saturated carbocycles. The van der Waals surface area contributed by atoms with Crippen molar-refractivity contribution in [3.63, 3.8) is 0 Å². The predicted octanol–water partition coefficient (Wildman–Crippen LogP) is 0.281. The molecule has 1 heterocycles. The van der Waals surface area contributed by atoms with E-state index in [1.165, 1.54) is 12.1 Å². The normalized spacial score (nSPS) is 12.9. The highest BCUT2D eigenvalue weighted by atomic mass is 32.2. The van der Waals surface area contributed by atoms with Crippen LogP contribution in [0.3, 0.4) is 0 Å². The quantitative estimate of drug-likeness (QED) is 0.743. The zero-order valence-corrected chi connectivity index (χ0v) is 12.3. The molecule has 1 amide bonds. The molecule has 0 aliphatic carbocycles. The van der Waals surface area contributed by atoms with Gasteiger partial charge < -0.3 is 11.1 Å². The molecule has 1 atom stereocenters. The summed E-state index contributed by atoms with van der Waals surface area (Å²) < 4.78 is 22.8. The summed E-state index contributed by atoms with van der Waals surface area (Å²) in [7, 11) is -3.23. The molecule has 1 unspecified atom stereocenters. The second-order valence-corrected chi connectivity index (χ2v) is 6.59. The lowest BCUT2D eigenvalue weighted by molar-refractivity contribution is 0.0930. The van der Waals surface area contributed by atoms with Crippen molar-refractivity contribution in [2.75, 3.05) is 12.0 Å². The van der Waals surface area contributed by atoms with Crippen LogP contribution in [0.5, 0.6) is 0 Å². The van der Waals surface area contributed by atoms with Gasteiger partial charge >= 0.3 is 0 Å². The number of carbonyl (C=O) groups excluding carboxylic acids is 1. The topological polar surface area (TPSA) is 131 Å². The number of carbonyl (C=O) groups is 1. The Labute approximate surface area is 121 Å². The van der Waals surface area contributed by atoms with Gasteiger partial charge in [-0.1, -0.05) is 12.1 Å². The third kappa shape index (κ3) is 3.57. The number of hydrogen-bond acceptors (Lipinski definition) is 6. The molecule has 0 bridgehead atoms. The lowest BCUT2D eigenvalue weighted by Gasteiger charge is -2.13. The highest BCUT2D eigenvalue weighted by Crippen LogP contribution is 2.16. The maximum atomic E-state index is 11.9. The van der Waals surface area contributed by atoms with Crippen LogP contribution in [0.15, 0.2) is 29.2 Å². The highest BCUT2D eigenvalue weighted by Gasteiger charge is 2.15. The number of amides is 1. The number of H-pyrrole nitrogens is 1. The van der Waals surface area contributed by atoms with Crippen molar-refractivity contribution in [1.82, 2.24) is 20.5 Å². The largest absolute Gasteiger partial charge is 0.366 e. The SMILES string of the molecule is CC(NC(=O)c1nc(N)n[nH]1)c1ccc(S(C)(=O)=O)cc1. The van der Waals surface area contributed by atoms with Gasteiger partial charge in [-0.3, -0.25) is 9.89 Å². The summed E-state index contributed by atoms with van der Waals surface area (Å²) in [5, 5.41) is 8.69. The van der Waals surface area contributed by atoms with Gasteiger partial charge in [0.1, 0.15) is 0 Å². The number of aromatic nitrogens is 3. The van der Waals surface area contributed by atoms with Gasteiger partial charge in [0.05, 0.1) is 10.9 Å². The number of nitrogens with zero attached hydrogens (tertiary/aromatic N) is 2. The molecule has 2 aromatic rings. The van der Waals surface area contributed by atoms with Crippen LogP contribution in [0.2, 0.25) is 0 Å². The number of anilines is 1. The van der Waals surface area contributed by atoms with E-state index in [1.54, 1.807) is 19.1 Å². The second-order valence-electron chi connectivity index (χ2n) is 4.58. The summed E-state index contributed by atoms with van der Waals surface area (Å²) in [6, 6.07) is 5.98. The van der Waals surface area contributed by atoms with Crippen molar-refractivity contribution in [2.24, 2.45) is 0 Å². The monoisotopic (exact) mass is 309 g/mol. The van der Waals surface area contributed by atoms with Gasteiger partial charge in [0.15, 0.2) is 9.84 Å². The van der Waals surface area contributed by atoms with E-state index in [1.807, 2.05) is 0 Å². The Kier molecular flexibility index (Phi) is 3.94. The van der Waals surface area contributed by atoms with E-state index in [2.05, 4.69) is 20.5 Å². The molecular weight excluding hydrogens is 294 g/mol. The lowest BCUT2D eigenvalue weighted by atomic mass is 10.1. The number of aromatic amines is 1. The van der Waals surface area contributed by atoms with Crippen molar-refractivity contribution in [3.05, 3.63) is 35.7 Å². The highest BCUT2D eigenvalue weighted by molar-refractivity contribution is 7.90. The molecule has 4 N–H and O–H groups in total. The molecule has 112 valence electrons. The zero-order valence-electron chi connectivity index (χ0n) is 11.5. The number of nitrogens with two attached hydrogens (primary N) is 1. The fourth-order valence-electron chi connectivity index (χ4n) is 1.73. The Hall–Kier alpha value is -2.42. The minimum absolute atomic E-state index is 0.00897. The molecule has 1 aromatic carbocycles. The number of sulfone groups is 1. The smallest absolute Gasteiger partial charge is 0.289 e. The first-order valence-corrected chi connectivity index (χ1v) is 7.95. The fourth-order valence-corrected chi connectivity index (χ4v) is 2.36. The number of rotatable bonds is 4. The van der Waals surface area contributed by atoms with Crippen molar-refractivity contribution in [3.8, 4) is 0 Å². The summed E-state index contributed by atoms with van der Waals surface area (Å²) >= 11 is 0. The van der Waals surface area contributed by atoms with Gasteiger partial charge in [-0.15, -0.1) is 5.10 Å². The van der Waals surface area contributed by atoms with Crippen molar-refractivity contribution >= 4 is 21.7 Å². The first kappa shape index (κ1) is 15.0. The van der Waals surface area contributed by atoms with Crippen LogP contribution < -0.4 is 11.1 Å². The number of nitrogen functional groups attached to an aromatic ring is 1. The van der Waals surface area contributed by atoms with Crippen LogP contribution in [-0.2, 0) is 9.84 Å². The number of benzene rings is 1. The Morgan fingerprint density at radius 2 is 1.95 bits per heavy atom. The van der Waals surface area contributed by atoms with Crippen LogP contribution in [0.25, 0.3) is 0 Å². The second kappa shape index (κ2) is 5.52. The molecule has 0 radical (unpaired) electrons. The van der Waals surface area contributed by atoms with Gasteiger partial charge in [-0.05, 0) is 24.6 Å². The summed E-state index contributed by atoms with van der Waals surface area (Å²) in [6.45, 7) is 1.77. The fraction of sp³-hybridized carbons (Fsp3) is 0.250. The Morgan fingerprint density at radius 3 is 2.43 bits per heavy atom. The summed E-state index contributed by atoms with van der Waals surface area (Å²) in [6.07, 6.45) is 1.14. The van der Waals surface area contributed by atoms with Crippen LogP contribution in [0.4, 0.5) is 5.95 Å². The Morgan fingerprint density at radius 1 is 1.33 bits per heavy atom. The molecule has 0 aliphatic heterocycles. The molecule has 9 heteroatoms. The van der Waals surface area contributed by atoms with E-state index < -0.39 is 15.7 Å². The number of nitrogens with one attached hydrogen (secondary N) is 2. The number of hydrogen-bond donors (Lipinski definition) is 3. The van der Waals surface area contributed by atoms with Crippen molar-refractivity contribution in [1.29, 1.82) is 0 Å². The molecular formula is C12H15N5O3S. The first-order chi connectivity index (χ1) is 9.77. The predicted molar refractivity (Wildman–Crippen MR) is 76.2 cm³/mol. The lowest BCUT2D eigenvalue weighted by Crippen LogP contribution is -2.27. The minimum Gasteiger partial charge on any atom is -0.366 e. The van der Waals surface area contributed by atoms with Crippen LogP contribution in [0.1, 0.15) is 29.1 Å². The molecule has 0 aliphatic rings.